The molecule has 2 heterocycles. The summed E-state index contributed by atoms with van der Waals surface area (Å²) in [6, 6.07) is 8.46. The Labute approximate surface area is 148 Å². The molecule has 0 spiro atoms. The third-order valence-electron chi connectivity index (χ3n) is 3.26. The van der Waals surface area contributed by atoms with Gasteiger partial charge in [-0.15, -0.1) is 0 Å². The lowest BCUT2D eigenvalue weighted by molar-refractivity contribution is -0.113. The molecule has 1 N–H and O–H groups in total. The molecule has 2 aromatic rings. The molecule has 0 fully saturated rings. The zero-order chi connectivity index (χ0) is 17.6. The highest BCUT2D eigenvalue weighted by Gasteiger charge is 2.16. The number of anilines is 1. The van der Waals surface area contributed by atoms with E-state index < -0.39 is 5.97 Å². The molecule has 3 rings (SSSR count). The summed E-state index contributed by atoms with van der Waals surface area (Å²) < 4.78 is 15.5. The molecule has 1 aromatic carbocycles. The van der Waals surface area contributed by atoms with Crippen molar-refractivity contribution in [1.82, 2.24) is 4.98 Å². The van der Waals surface area contributed by atoms with Gasteiger partial charge in [-0.05, 0) is 31.2 Å². The first-order chi connectivity index (χ1) is 12.2. The highest BCUT2D eigenvalue weighted by molar-refractivity contribution is 8.00. The molecule has 1 amide bonds. The molecule has 0 unspecified atom stereocenters. The SMILES string of the molecule is CCOC(=O)c1cccnc1SCC(=O)Nc1ccc2c(c1)OCO2. The molecule has 7 nitrogen and oxygen atoms in total. The maximum atomic E-state index is 12.1. The van der Waals surface area contributed by atoms with E-state index in [0.717, 1.165) is 0 Å². The number of amides is 1. The van der Waals surface area contributed by atoms with Crippen molar-refractivity contribution in [2.24, 2.45) is 0 Å². The molecule has 0 saturated heterocycles. The molecule has 1 aromatic heterocycles. The van der Waals surface area contributed by atoms with Crippen molar-refractivity contribution in [1.29, 1.82) is 0 Å². The molecular formula is C17H16N2O5S. The average Bonchev–Trinajstić information content (AvgIpc) is 3.08. The van der Waals surface area contributed by atoms with E-state index in [0.29, 0.717) is 27.8 Å². The van der Waals surface area contributed by atoms with Crippen LogP contribution in [-0.4, -0.2) is 36.0 Å². The number of hydrogen-bond donors (Lipinski definition) is 1. The Morgan fingerprint density at radius 2 is 2.12 bits per heavy atom. The van der Waals surface area contributed by atoms with E-state index >= 15 is 0 Å². The van der Waals surface area contributed by atoms with E-state index in [2.05, 4.69) is 10.3 Å². The molecule has 25 heavy (non-hydrogen) atoms. The predicted molar refractivity (Wildman–Crippen MR) is 92.1 cm³/mol. The van der Waals surface area contributed by atoms with Crippen LogP contribution in [0.4, 0.5) is 5.69 Å². The molecule has 0 bridgehead atoms. The Morgan fingerprint density at radius 1 is 1.28 bits per heavy atom. The predicted octanol–water partition coefficient (Wildman–Crippen LogP) is 2.72. The van der Waals surface area contributed by atoms with Crippen LogP contribution in [0.2, 0.25) is 0 Å². The van der Waals surface area contributed by atoms with Crippen LogP contribution in [0, 0.1) is 0 Å². The van der Waals surface area contributed by atoms with Crippen molar-refractivity contribution in [2.45, 2.75) is 11.9 Å². The first-order valence-corrected chi connectivity index (χ1v) is 8.60. The molecule has 130 valence electrons. The number of ether oxygens (including phenoxy) is 3. The van der Waals surface area contributed by atoms with Crippen LogP contribution in [0.3, 0.4) is 0 Å². The molecule has 0 saturated carbocycles. The molecular weight excluding hydrogens is 344 g/mol. The zero-order valence-corrected chi connectivity index (χ0v) is 14.3. The van der Waals surface area contributed by atoms with Gasteiger partial charge in [0, 0.05) is 18.0 Å². The number of carbonyl (C=O) groups excluding carboxylic acids is 2. The maximum Gasteiger partial charge on any atom is 0.340 e. The van der Waals surface area contributed by atoms with Crippen molar-refractivity contribution in [2.75, 3.05) is 24.5 Å². The standard InChI is InChI=1S/C17H16N2O5S/c1-2-22-17(21)12-4-3-7-18-16(12)25-9-15(20)19-11-5-6-13-14(8-11)24-10-23-13/h3-8H,2,9-10H2,1H3,(H,19,20). The Bertz CT molecular complexity index is 796. The highest BCUT2D eigenvalue weighted by atomic mass is 32.2. The van der Waals surface area contributed by atoms with Gasteiger partial charge in [-0.2, -0.15) is 0 Å². The quantitative estimate of drug-likeness (QED) is 0.626. The molecule has 1 aliphatic rings. The number of nitrogens with zero attached hydrogens (tertiary/aromatic N) is 1. The summed E-state index contributed by atoms with van der Waals surface area (Å²) in [5.74, 6) is 0.691. The van der Waals surface area contributed by atoms with E-state index in [1.807, 2.05) is 0 Å². The summed E-state index contributed by atoms with van der Waals surface area (Å²) in [5.41, 5.74) is 0.965. The number of fused-ring (bicyclic) bond motifs is 1. The second kappa shape index (κ2) is 7.89. The van der Waals surface area contributed by atoms with Crippen LogP contribution in [0.25, 0.3) is 0 Å². The van der Waals surface area contributed by atoms with Crippen molar-refractivity contribution in [3.63, 3.8) is 0 Å². The van der Waals surface area contributed by atoms with Crippen LogP contribution >= 0.6 is 11.8 Å². The van der Waals surface area contributed by atoms with Crippen molar-refractivity contribution >= 4 is 29.3 Å². The van der Waals surface area contributed by atoms with Gasteiger partial charge in [0.1, 0.15) is 5.03 Å². The van der Waals surface area contributed by atoms with Crippen LogP contribution in [-0.2, 0) is 9.53 Å². The fourth-order valence-corrected chi connectivity index (χ4v) is 2.96. The van der Waals surface area contributed by atoms with Crippen molar-refractivity contribution < 1.29 is 23.8 Å². The number of esters is 1. The van der Waals surface area contributed by atoms with E-state index in [4.69, 9.17) is 14.2 Å². The Balaban J connectivity index is 1.60. The normalized spacial score (nSPS) is 11.9. The van der Waals surface area contributed by atoms with Gasteiger partial charge in [0.25, 0.3) is 0 Å². The van der Waals surface area contributed by atoms with E-state index in [1.165, 1.54) is 11.8 Å². The summed E-state index contributed by atoms with van der Waals surface area (Å²) >= 11 is 1.17. The van der Waals surface area contributed by atoms with Gasteiger partial charge in [-0.3, -0.25) is 4.79 Å². The summed E-state index contributed by atoms with van der Waals surface area (Å²) in [4.78, 5) is 28.2. The topological polar surface area (TPSA) is 86.8 Å². The van der Waals surface area contributed by atoms with Gasteiger partial charge >= 0.3 is 5.97 Å². The number of rotatable bonds is 6. The number of hydrogen-bond acceptors (Lipinski definition) is 7. The number of nitrogens with one attached hydrogen (secondary N) is 1. The third-order valence-corrected chi connectivity index (χ3v) is 4.27. The van der Waals surface area contributed by atoms with Gasteiger partial charge in [0.05, 0.1) is 17.9 Å². The second-order valence-corrected chi connectivity index (χ2v) is 5.95. The minimum Gasteiger partial charge on any atom is -0.462 e. The lowest BCUT2D eigenvalue weighted by Gasteiger charge is -2.08. The van der Waals surface area contributed by atoms with Crippen LogP contribution in [0.1, 0.15) is 17.3 Å². The van der Waals surface area contributed by atoms with E-state index in [9.17, 15) is 9.59 Å². The molecule has 0 atom stereocenters. The lowest BCUT2D eigenvalue weighted by atomic mass is 10.3. The first kappa shape index (κ1) is 17.1. The second-order valence-electron chi connectivity index (χ2n) is 4.98. The van der Waals surface area contributed by atoms with Crippen molar-refractivity contribution in [3.8, 4) is 11.5 Å². The molecule has 1 aliphatic heterocycles. The summed E-state index contributed by atoms with van der Waals surface area (Å²) in [5, 5.41) is 3.24. The van der Waals surface area contributed by atoms with Crippen LogP contribution in [0.5, 0.6) is 11.5 Å². The van der Waals surface area contributed by atoms with Crippen molar-refractivity contribution in [3.05, 3.63) is 42.1 Å². The maximum absolute atomic E-state index is 12.1. The Kier molecular flexibility index (Phi) is 5.39. The molecule has 0 aliphatic carbocycles. The summed E-state index contributed by atoms with van der Waals surface area (Å²) in [6.45, 7) is 2.20. The molecule has 0 radical (unpaired) electrons. The summed E-state index contributed by atoms with van der Waals surface area (Å²) in [7, 11) is 0. The number of benzene rings is 1. The van der Waals surface area contributed by atoms with E-state index in [-0.39, 0.29) is 25.1 Å². The minimum absolute atomic E-state index is 0.109. The average molecular weight is 360 g/mol. The highest BCUT2D eigenvalue weighted by Crippen LogP contribution is 2.34. The van der Waals surface area contributed by atoms with Gasteiger partial charge < -0.3 is 19.5 Å². The number of thioether (sulfide) groups is 1. The van der Waals surface area contributed by atoms with Crippen LogP contribution < -0.4 is 14.8 Å². The zero-order valence-electron chi connectivity index (χ0n) is 13.5. The largest absolute Gasteiger partial charge is 0.462 e. The monoisotopic (exact) mass is 360 g/mol. The first-order valence-electron chi connectivity index (χ1n) is 7.62. The van der Waals surface area contributed by atoms with Gasteiger partial charge in [-0.1, -0.05) is 11.8 Å². The fraction of sp³-hybridized carbons (Fsp3) is 0.235. The fourth-order valence-electron chi connectivity index (χ4n) is 2.18. The van der Waals surface area contributed by atoms with E-state index in [1.54, 1.807) is 43.5 Å². The number of pyridine rings is 1. The van der Waals surface area contributed by atoms with Crippen LogP contribution in [0.15, 0.2) is 41.6 Å². The van der Waals surface area contributed by atoms with Gasteiger partial charge in [0.15, 0.2) is 11.5 Å². The number of carbonyl (C=O) groups is 2. The number of aromatic nitrogens is 1. The van der Waals surface area contributed by atoms with Gasteiger partial charge in [0.2, 0.25) is 12.7 Å². The lowest BCUT2D eigenvalue weighted by Crippen LogP contribution is -2.15. The third kappa shape index (κ3) is 4.21. The minimum atomic E-state index is -0.450. The Morgan fingerprint density at radius 3 is 2.96 bits per heavy atom. The summed E-state index contributed by atoms with van der Waals surface area (Å²) in [6.07, 6.45) is 1.57. The Hall–Kier alpha value is -2.74. The molecule has 8 heteroatoms. The van der Waals surface area contributed by atoms with Gasteiger partial charge in [-0.25, -0.2) is 9.78 Å². The smallest absolute Gasteiger partial charge is 0.340 e.